The van der Waals surface area contributed by atoms with Crippen LogP contribution in [0.3, 0.4) is 0 Å². The molecule has 0 saturated carbocycles. The van der Waals surface area contributed by atoms with Gasteiger partial charge < -0.3 is 20.7 Å². The Labute approximate surface area is 130 Å². The maximum Gasteiger partial charge on any atom is 0.237 e. The Kier molecular flexibility index (Phi) is 5.77. The lowest BCUT2D eigenvalue weighted by atomic mass is 10.1. The first-order valence-corrected chi connectivity index (χ1v) is 7.58. The van der Waals surface area contributed by atoms with E-state index in [0.29, 0.717) is 31.3 Å². The summed E-state index contributed by atoms with van der Waals surface area (Å²) in [7, 11) is 0. The van der Waals surface area contributed by atoms with E-state index >= 15 is 0 Å². The molecule has 1 heterocycles. The number of ether oxygens (including phenoxy) is 1. The fourth-order valence-electron chi connectivity index (χ4n) is 2.11. The first-order valence-electron chi connectivity index (χ1n) is 7.58. The molecule has 3 N–H and O–H groups in total. The minimum Gasteiger partial charge on any atom is -0.493 e. The van der Waals surface area contributed by atoms with Gasteiger partial charge >= 0.3 is 0 Å². The van der Waals surface area contributed by atoms with Crippen LogP contribution in [0.2, 0.25) is 0 Å². The molecule has 120 valence electrons. The van der Waals surface area contributed by atoms with Crippen LogP contribution in [-0.4, -0.2) is 37.6 Å². The van der Waals surface area contributed by atoms with Crippen LogP contribution >= 0.6 is 0 Å². The van der Waals surface area contributed by atoms with E-state index < -0.39 is 6.04 Å². The molecular weight excluding hydrogens is 282 g/mol. The van der Waals surface area contributed by atoms with Crippen LogP contribution in [0, 0.1) is 5.92 Å². The van der Waals surface area contributed by atoms with Crippen molar-refractivity contribution in [2.75, 3.05) is 25.0 Å². The zero-order valence-corrected chi connectivity index (χ0v) is 13.0. The molecule has 6 heteroatoms. The summed E-state index contributed by atoms with van der Waals surface area (Å²) in [6.07, 6.45) is 0.122. The summed E-state index contributed by atoms with van der Waals surface area (Å²) in [6.45, 7) is 6.13. The molecule has 0 aliphatic carbocycles. The third-order valence-corrected chi connectivity index (χ3v) is 3.24. The third-order valence-electron chi connectivity index (χ3n) is 3.24. The van der Waals surface area contributed by atoms with Crippen LogP contribution in [-0.2, 0) is 9.59 Å². The highest BCUT2D eigenvalue weighted by molar-refractivity contribution is 5.95. The topological polar surface area (TPSA) is 79.5 Å². The fraction of sp³-hybridized carbons (Fsp3) is 0.500. The van der Waals surface area contributed by atoms with Gasteiger partial charge in [-0.15, -0.1) is 0 Å². The minimum atomic E-state index is -0.456. The standard InChI is InChI=1S/C16H23N3O3/c1-11(2)10-22-13-5-3-12(4-6-13)19-15(20)9-14-16(21)18-8-7-17-14/h3-6,11,14,17H,7-10H2,1-2H3,(H,18,21)(H,19,20). The molecule has 22 heavy (non-hydrogen) atoms. The molecule has 1 saturated heterocycles. The van der Waals surface area contributed by atoms with Gasteiger partial charge in [-0.1, -0.05) is 13.8 Å². The number of rotatable bonds is 6. The summed E-state index contributed by atoms with van der Waals surface area (Å²) in [5.41, 5.74) is 0.693. The van der Waals surface area contributed by atoms with Crippen LogP contribution in [0.4, 0.5) is 5.69 Å². The largest absolute Gasteiger partial charge is 0.493 e. The molecule has 1 aliphatic rings. The van der Waals surface area contributed by atoms with E-state index in [9.17, 15) is 9.59 Å². The summed E-state index contributed by atoms with van der Waals surface area (Å²) in [4.78, 5) is 23.5. The number of hydrogen-bond donors (Lipinski definition) is 3. The van der Waals surface area contributed by atoms with Crippen molar-refractivity contribution in [1.82, 2.24) is 10.6 Å². The second-order valence-electron chi connectivity index (χ2n) is 5.78. The average Bonchev–Trinajstić information content (AvgIpc) is 2.49. The van der Waals surface area contributed by atoms with E-state index in [2.05, 4.69) is 29.8 Å². The van der Waals surface area contributed by atoms with Crippen molar-refractivity contribution in [3.63, 3.8) is 0 Å². The van der Waals surface area contributed by atoms with Gasteiger partial charge in [-0.25, -0.2) is 0 Å². The Balaban J connectivity index is 1.82. The van der Waals surface area contributed by atoms with Gasteiger partial charge in [0, 0.05) is 18.8 Å². The Morgan fingerprint density at radius 3 is 2.68 bits per heavy atom. The van der Waals surface area contributed by atoms with Gasteiger partial charge in [-0.2, -0.15) is 0 Å². The second-order valence-corrected chi connectivity index (χ2v) is 5.78. The average molecular weight is 305 g/mol. The van der Waals surface area contributed by atoms with Gasteiger partial charge in [0.2, 0.25) is 11.8 Å². The highest BCUT2D eigenvalue weighted by Gasteiger charge is 2.23. The van der Waals surface area contributed by atoms with Crippen LogP contribution in [0.25, 0.3) is 0 Å². The highest BCUT2D eigenvalue weighted by atomic mass is 16.5. The van der Waals surface area contributed by atoms with Gasteiger partial charge in [0.05, 0.1) is 19.1 Å². The first-order chi connectivity index (χ1) is 10.5. The third kappa shape index (κ3) is 5.04. The quantitative estimate of drug-likeness (QED) is 0.736. The van der Waals surface area contributed by atoms with E-state index in [0.717, 1.165) is 5.75 Å². The fourth-order valence-corrected chi connectivity index (χ4v) is 2.11. The predicted molar refractivity (Wildman–Crippen MR) is 84.8 cm³/mol. The summed E-state index contributed by atoms with van der Waals surface area (Å²) in [5, 5.41) is 8.55. The Hall–Kier alpha value is -2.08. The Bertz CT molecular complexity index is 514. The summed E-state index contributed by atoms with van der Waals surface area (Å²) >= 11 is 0. The van der Waals surface area contributed by atoms with Gasteiger partial charge in [0.15, 0.2) is 0 Å². The van der Waals surface area contributed by atoms with E-state index in [1.165, 1.54) is 0 Å². The number of carbonyl (C=O) groups excluding carboxylic acids is 2. The molecule has 0 radical (unpaired) electrons. The number of anilines is 1. The molecule has 1 aromatic carbocycles. The number of nitrogens with one attached hydrogen (secondary N) is 3. The molecule has 1 aliphatic heterocycles. The SMILES string of the molecule is CC(C)COc1ccc(NC(=O)CC2NCCNC2=O)cc1. The molecule has 1 unspecified atom stereocenters. The zero-order valence-electron chi connectivity index (χ0n) is 13.0. The molecule has 2 amide bonds. The lowest BCUT2D eigenvalue weighted by molar-refractivity contribution is -0.127. The molecule has 2 rings (SSSR count). The lowest BCUT2D eigenvalue weighted by Gasteiger charge is -2.22. The highest BCUT2D eigenvalue weighted by Crippen LogP contribution is 2.16. The Morgan fingerprint density at radius 2 is 2.05 bits per heavy atom. The van der Waals surface area contributed by atoms with Gasteiger partial charge in [0.1, 0.15) is 5.75 Å². The van der Waals surface area contributed by atoms with Crippen molar-refractivity contribution in [2.45, 2.75) is 26.3 Å². The van der Waals surface area contributed by atoms with Gasteiger partial charge in [0.25, 0.3) is 0 Å². The van der Waals surface area contributed by atoms with Crippen molar-refractivity contribution in [1.29, 1.82) is 0 Å². The number of carbonyl (C=O) groups is 2. The number of amides is 2. The maximum absolute atomic E-state index is 12.0. The van der Waals surface area contributed by atoms with Crippen molar-refractivity contribution in [3.05, 3.63) is 24.3 Å². The van der Waals surface area contributed by atoms with Crippen LogP contribution in [0.1, 0.15) is 20.3 Å². The molecule has 1 aromatic rings. The molecular formula is C16H23N3O3. The van der Waals surface area contributed by atoms with E-state index in [4.69, 9.17) is 4.74 Å². The van der Waals surface area contributed by atoms with Crippen molar-refractivity contribution >= 4 is 17.5 Å². The molecule has 0 spiro atoms. The first kappa shape index (κ1) is 16.3. The predicted octanol–water partition coefficient (Wildman–Crippen LogP) is 1.14. The summed E-state index contributed by atoms with van der Waals surface area (Å²) < 4.78 is 5.59. The number of piperazine rings is 1. The van der Waals surface area contributed by atoms with Crippen molar-refractivity contribution in [2.24, 2.45) is 5.92 Å². The smallest absolute Gasteiger partial charge is 0.237 e. The number of benzene rings is 1. The molecule has 6 nitrogen and oxygen atoms in total. The monoisotopic (exact) mass is 305 g/mol. The Morgan fingerprint density at radius 1 is 1.32 bits per heavy atom. The summed E-state index contributed by atoms with van der Waals surface area (Å²) in [5.74, 6) is 0.928. The molecule has 0 aromatic heterocycles. The zero-order chi connectivity index (χ0) is 15.9. The maximum atomic E-state index is 12.0. The molecule has 0 bridgehead atoms. The van der Waals surface area contributed by atoms with E-state index in [-0.39, 0.29) is 18.2 Å². The van der Waals surface area contributed by atoms with Gasteiger partial charge in [-0.3, -0.25) is 9.59 Å². The minimum absolute atomic E-state index is 0.122. The molecule has 1 atom stereocenters. The number of hydrogen-bond acceptors (Lipinski definition) is 4. The van der Waals surface area contributed by atoms with E-state index in [1.54, 1.807) is 12.1 Å². The molecule has 1 fully saturated rings. The second kappa shape index (κ2) is 7.79. The van der Waals surface area contributed by atoms with E-state index in [1.807, 2.05) is 12.1 Å². The van der Waals surface area contributed by atoms with Crippen molar-refractivity contribution < 1.29 is 14.3 Å². The van der Waals surface area contributed by atoms with Crippen LogP contribution < -0.4 is 20.7 Å². The van der Waals surface area contributed by atoms with Gasteiger partial charge in [-0.05, 0) is 30.2 Å². The summed E-state index contributed by atoms with van der Waals surface area (Å²) in [6, 6.07) is 6.78. The van der Waals surface area contributed by atoms with Crippen molar-refractivity contribution in [3.8, 4) is 5.75 Å². The van der Waals surface area contributed by atoms with Crippen LogP contribution in [0.15, 0.2) is 24.3 Å². The lowest BCUT2D eigenvalue weighted by Crippen LogP contribution is -2.53. The normalized spacial score (nSPS) is 18.0. The van der Waals surface area contributed by atoms with Crippen LogP contribution in [0.5, 0.6) is 5.75 Å².